The molecule has 0 atom stereocenters. The molecule has 0 saturated heterocycles. The number of aromatic hydroxyl groups is 1. The Balaban J connectivity index is 3.18. The van der Waals surface area contributed by atoms with Crippen molar-refractivity contribution in [2.75, 3.05) is 0 Å². The molecule has 12 heavy (non-hydrogen) atoms. The lowest BCUT2D eigenvalue weighted by Crippen LogP contribution is -1.94. The van der Waals surface area contributed by atoms with Gasteiger partial charge in [-0.1, -0.05) is 0 Å². The molecular weight excluding hydrogens is 152 g/mol. The maximum Gasteiger partial charge on any atom is 0.124 e. The first-order valence-corrected chi connectivity index (χ1v) is 3.88. The predicted molar refractivity (Wildman–Crippen MR) is 47.3 cm³/mol. The third-order valence-corrected chi connectivity index (χ3v) is 1.97. The molecule has 0 spiro atoms. The van der Waals surface area contributed by atoms with E-state index in [1.165, 1.54) is 0 Å². The van der Waals surface area contributed by atoms with E-state index in [4.69, 9.17) is 0 Å². The van der Waals surface area contributed by atoms with Gasteiger partial charge < -0.3 is 9.90 Å². The Morgan fingerprint density at radius 3 is 2.25 bits per heavy atom. The number of rotatable bonds is 2. The highest BCUT2D eigenvalue weighted by Crippen LogP contribution is 2.20. The summed E-state index contributed by atoms with van der Waals surface area (Å²) in [7, 11) is 0. The number of hydrogen-bond acceptors (Lipinski definition) is 2. The number of aryl methyl sites for hydroxylation is 2. The van der Waals surface area contributed by atoms with E-state index >= 15 is 0 Å². The Labute approximate surface area is 71.8 Å². The van der Waals surface area contributed by atoms with E-state index in [2.05, 4.69) is 0 Å². The monoisotopic (exact) mass is 164 g/mol. The summed E-state index contributed by atoms with van der Waals surface area (Å²) in [5.41, 5.74) is 2.96. The third kappa shape index (κ3) is 1.64. The number of carbonyl (C=O) groups excluding carboxylic acids is 1. The van der Waals surface area contributed by atoms with Crippen LogP contribution in [0.5, 0.6) is 5.75 Å². The first-order valence-electron chi connectivity index (χ1n) is 3.88. The van der Waals surface area contributed by atoms with Crippen LogP contribution in [0.25, 0.3) is 0 Å². The van der Waals surface area contributed by atoms with Crippen molar-refractivity contribution in [1.82, 2.24) is 0 Å². The van der Waals surface area contributed by atoms with Crippen LogP contribution in [0.3, 0.4) is 0 Å². The van der Waals surface area contributed by atoms with Gasteiger partial charge in [0.15, 0.2) is 0 Å². The Bertz CT molecular complexity index is 280. The molecule has 0 bridgehead atoms. The fourth-order valence-electron chi connectivity index (χ4n) is 1.38. The van der Waals surface area contributed by atoms with Crippen molar-refractivity contribution >= 4 is 6.29 Å². The van der Waals surface area contributed by atoms with Gasteiger partial charge >= 0.3 is 0 Å². The second-order valence-electron chi connectivity index (χ2n) is 2.93. The third-order valence-electron chi connectivity index (χ3n) is 1.97. The minimum atomic E-state index is 0.264. The van der Waals surface area contributed by atoms with Crippen molar-refractivity contribution in [1.29, 1.82) is 0 Å². The van der Waals surface area contributed by atoms with Gasteiger partial charge in [-0.3, -0.25) is 0 Å². The van der Waals surface area contributed by atoms with Crippen LogP contribution in [0.15, 0.2) is 12.1 Å². The lowest BCUT2D eigenvalue weighted by Gasteiger charge is -2.06. The van der Waals surface area contributed by atoms with E-state index in [9.17, 15) is 9.90 Å². The largest absolute Gasteiger partial charge is 0.508 e. The Morgan fingerprint density at radius 1 is 1.33 bits per heavy atom. The van der Waals surface area contributed by atoms with Crippen molar-refractivity contribution in [3.63, 3.8) is 0 Å². The average molecular weight is 164 g/mol. The zero-order chi connectivity index (χ0) is 9.14. The standard InChI is InChI=1S/C10H12O2/c1-7-5-9(12)6-8(2)10(7)3-4-11/h4-6,12H,3H2,1-2H3. The average Bonchev–Trinajstić information content (AvgIpc) is 1.96. The van der Waals surface area contributed by atoms with Gasteiger partial charge in [0.1, 0.15) is 12.0 Å². The zero-order valence-corrected chi connectivity index (χ0v) is 7.29. The highest BCUT2D eigenvalue weighted by atomic mass is 16.3. The quantitative estimate of drug-likeness (QED) is 0.676. The van der Waals surface area contributed by atoms with Gasteiger partial charge in [-0.25, -0.2) is 0 Å². The topological polar surface area (TPSA) is 37.3 Å². The molecule has 0 aromatic heterocycles. The molecule has 0 saturated carbocycles. The van der Waals surface area contributed by atoms with E-state index in [0.717, 1.165) is 23.0 Å². The van der Waals surface area contributed by atoms with Gasteiger partial charge in [0.2, 0.25) is 0 Å². The summed E-state index contributed by atoms with van der Waals surface area (Å²) in [5.74, 6) is 0.264. The molecular formula is C10H12O2. The van der Waals surface area contributed by atoms with Crippen molar-refractivity contribution in [2.45, 2.75) is 20.3 Å². The normalized spacial score (nSPS) is 9.83. The molecule has 2 heteroatoms. The van der Waals surface area contributed by atoms with Crippen molar-refractivity contribution < 1.29 is 9.90 Å². The van der Waals surface area contributed by atoms with E-state index in [1.54, 1.807) is 12.1 Å². The summed E-state index contributed by atoms with van der Waals surface area (Å²) in [6.45, 7) is 3.79. The maximum absolute atomic E-state index is 10.3. The highest BCUT2D eigenvalue weighted by molar-refractivity contribution is 5.58. The molecule has 0 radical (unpaired) electrons. The molecule has 1 aromatic carbocycles. The Hall–Kier alpha value is -1.31. The molecule has 0 aliphatic rings. The Kier molecular flexibility index (Phi) is 2.48. The summed E-state index contributed by atoms with van der Waals surface area (Å²) < 4.78 is 0. The number of hydrogen-bond donors (Lipinski definition) is 1. The SMILES string of the molecule is Cc1cc(O)cc(C)c1CC=O. The molecule has 0 aliphatic carbocycles. The maximum atomic E-state index is 10.3. The van der Waals surface area contributed by atoms with Gasteiger partial charge in [0.25, 0.3) is 0 Å². The van der Waals surface area contributed by atoms with E-state index < -0.39 is 0 Å². The van der Waals surface area contributed by atoms with E-state index in [0.29, 0.717) is 6.42 Å². The summed E-state index contributed by atoms with van der Waals surface area (Å²) in [6.07, 6.45) is 1.31. The van der Waals surface area contributed by atoms with Crippen molar-refractivity contribution in [2.24, 2.45) is 0 Å². The molecule has 1 aromatic rings. The van der Waals surface area contributed by atoms with E-state index in [-0.39, 0.29) is 5.75 Å². The second-order valence-corrected chi connectivity index (χ2v) is 2.93. The fourth-order valence-corrected chi connectivity index (χ4v) is 1.38. The lowest BCUT2D eigenvalue weighted by molar-refractivity contribution is -0.107. The van der Waals surface area contributed by atoms with Gasteiger partial charge in [0, 0.05) is 6.42 Å². The summed E-state index contributed by atoms with van der Waals surface area (Å²) in [4.78, 5) is 10.3. The summed E-state index contributed by atoms with van der Waals surface area (Å²) in [6, 6.07) is 3.34. The number of phenolic OH excluding ortho intramolecular Hbond substituents is 1. The van der Waals surface area contributed by atoms with Crippen LogP contribution in [0.1, 0.15) is 16.7 Å². The van der Waals surface area contributed by atoms with E-state index in [1.807, 2.05) is 13.8 Å². The predicted octanol–water partition coefficient (Wildman–Crippen LogP) is 1.75. The van der Waals surface area contributed by atoms with Crippen LogP contribution in [-0.2, 0) is 11.2 Å². The first kappa shape index (κ1) is 8.78. The number of aldehydes is 1. The van der Waals surface area contributed by atoms with Crippen LogP contribution >= 0.6 is 0 Å². The van der Waals surface area contributed by atoms with Gasteiger partial charge in [-0.2, -0.15) is 0 Å². The molecule has 0 fully saturated rings. The highest BCUT2D eigenvalue weighted by Gasteiger charge is 2.03. The van der Waals surface area contributed by atoms with Crippen molar-refractivity contribution in [3.05, 3.63) is 28.8 Å². The van der Waals surface area contributed by atoms with Gasteiger partial charge in [-0.15, -0.1) is 0 Å². The smallest absolute Gasteiger partial charge is 0.124 e. The number of carbonyl (C=O) groups is 1. The molecule has 0 amide bonds. The zero-order valence-electron chi connectivity index (χ0n) is 7.29. The van der Waals surface area contributed by atoms with Gasteiger partial charge in [0.05, 0.1) is 0 Å². The molecule has 64 valence electrons. The van der Waals surface area contributed by atoms with Crippen LogP contribution in [0.4, 0.5) is 0 Å². The molecule has 2 nitrogen and oxygen atoms in total. The second kappa shape index (κ2) is 3.39. The molecule has 0 unspecified atom stereocenters. The summed E-state index contributed by atoms with van der Waals surface area (Å²) >= 11 is 0. The van der Waals surface area contributed by atoms with Gasteiger partial charge in [-0.05, 0) is 42.7 Å². The van der Waals surface area contributed by atoms with Crippen molar-refractivity contribution in [3.8, 4) is 5.75 Å². The fraction of sp³-hybridized carbons (Fsp3) is 0.300. The van der Waals surface area contributed by atoms with Crippen LogP contribution in [-0.4, -0.2) is 11.4 Å². The molecule has 1 rings (SSSR count). The van der Waals surface area contributed by atoms with Crippen LogP contribution < -0.4 is 0 Å². The molecule has 0 heterocycles. The lowest BCUT2D eigenvalue weighted by atomic mass is 10.0. The minimum absolute atomic E-state index is 0.264. The minimum Gasteiger partial charge on any atom is -0.508 e. The Morgan fingerprint density at radius 2 is 1.83 bits per heavy atom. The summed E-state index contributed by atoms with van der Waals surface area (Å²) in [5, 5.41) is 9.20. The van der Waals surface area contributed by atoms with Crippen LogP contribution in [0.2, 0.25) is 0 Å². The molecule has 0 aliphatic heterocycles. The molecule has 1 N–H and O–H groups in total. The number of benzene rings is 1. The number of phenols is 1. The van der Waals surface area contributed by atoms with Crippen LogP contribution in [0, 0.1) is 13.8 Å². The first-order chi connectivity index (χ1) is 5.65.